The molecule has 0 spiro atoms. The van der Waals surface area contributed by atoms with Crippen molar-refractivity contribution in [3.8, 4) is 0 Å². The minimum atomic E-state index is 0.413. The van der Waals surface area contributed by atoms with Gasteiger partial charge in [0.25, 0.3) is 0 Å². The van der Waals surface area contributed by atoms with Crippen LogP contribution < -0.4 is 5.73 Å². The Bertz CT molecular complexity index is 223. The summed E-state index contributed by atoms with van der Waals surface area (Å²) in [5.74, 6) is 0.813. The van der Waals surface area contributed by atoms with Gasteiger partial charge in [0.05, 0.1) is 6.10 Å². The van der Waals surface area contributed by atoms with E-state index in [9.17, 15) is 0 Å². The molecular weight excluding hydrogens is 224 g/mol. The van der Waals surface area contributed by atoms with E-state index in [0.717, 1.165) is 31.8 Å². The van der Waals surface area contributed by atoms with Crippen molar-refractivity contribution in [3.05, 3.63) is 0 Å². The zero-order valence-electron chi connectivity index (χ0n) is 12.7. The van der Waals surface area contributed by atoms with Crippen molar-refractivity contribution < 1.29 is 4.74 Å². The summed E-state index contributed by atoms with van der Waals surface area (Å²) in [5, 5.41) is 0. The van der Waals surface area contributed by atoms with Crippen molar-refractivity contribution in [2.75, 3.05) is 20.2 Å². The molecule has 3 heteroatoms. The molecule has 0 aromatic carbocycles. The minimum Gasteiger partial charge on any atom is -0.381 e. The largest absolute Gasteiger partial charge is 0.381 e. The van der Waals surface area contributed by atoms with Crippen LogP contribution in [0.5, 0.6) is 0 Å². The molecule has 4 unspecified atom stereocenters. The molecule has 18 heavy (non-hydrogen) atoms. The van der Waals surface area contributed by atoms with E-state index in [2.05, 4.69) is 25.7 Å². The lowest BCUT2D eigenvalue weighted by Crippen LogP contribution is -2.53. The lowest BCUT2D eigenvalue weighted by atomic mass is 9.91. The summed E-state index contributed by atoms with van der Waals surface area (Å²) in [5.41, 5.74) is 5.97. The molecule has 0 bridgehead atoms. The van der Waals surface area contributed by atoms with Crippen LogP contribution in [0, 0.1) is 5.92 Å². The first kappa shape index (κ1) is 15.9. The number of nitrogens with two attached hydrogens (primary N) is 1. The Morgan fingerprint density at radius 1 is 1.33 bits per heavy atom. The van der Waals surface area contributed by atoms with Crippen LogP contribution >= 0.6 is 0 Å². The second-order valence-electron chi connectivity index (χ2n) is 5.82. The third kappa shape index (κ3) is 4.22. The Morgan fingerprint density at radius 2 is 2.06 bits per heavy atom. The van der Waals surface area contributed by atoms with Crippen LogP contribution in [0.2, 0.25) is 0 Å². The molecule has 1 fully saturated rings. The Labute approximate surface area is 113 Å². The topological polar surface area (TPSA) is 38.5 Å². The van der Waals surface area contributed by atoms with Gasteiger partial charge >= 0.3 is 0 Å². The summed E-state index contributed by atoms with van der Waals surface area (Å²) < 4.78 is 5.50. The maximum atomic E-state index is 5.97. The van der Waals surface area contributed by atoms with Crippen LogP contribution in [0.3, 0.4) is 0 Å². The Hall–Kier alpha value is -0.120. The number of piperidine rings is 1. The van der Waals surface area contributed by atoms with Crippen molar-refractivity contribution in [1.29, 1.82) is 0 Å². The molecule has 3 nitrogen and oxygen atoms in total. The SMILES string of the molecule is CCC(C)CC(CC)N1CCC(OC)CC1CN. The van der Waals surface area contributed by atoms with Crippen molar-refractivity contribution in [2.45, 2.75) is 71.1 Å². The van der Waals surface area contributed by atoms with Gasteiger partial charge < -0.3 is 10.5 Å². The van der Waals surface area contributed by atoms with Crippen molar-refractivity contribution in [3.63, 3.8) is 0 Å². The lowest BCUT2D eigenvalue weighted by Gasteiger charge is -2.43. The average Bonchev–Trinajstić information content (AvgIpc) is 2.43. The molecule has 0 amide bonds. The second kappa shape index (κ2) is 8.13. The number of hydrogen-bond donors (Lipinski definition) is 1. The van der Waals surface area contributed by atoms with Gasteiger partial charge in [-0.3, -0.25) is 4.90 Å². The number of likely N-dealkylation sites (tertiary alicyclic amines) is 1. The minimum absolute atomic E-state index is 0.413. The number of methoxy groups -OCH3 is 1. The van der Waals surface area contributed by atoms with E-state index in [0.29, 0.717) is 18.2 Å². The standard InChI is InChI=1S/C15H32N2O/c1-5-12(3)9-13(6-2)17-8-7-15(18-4)10-14(17)11-16/h12-15H,5-11,16H2,1-4H3. The second-order valence-corrected chi connectivity index (χ2v) is 5.82. The van der Waals surface area contributed by atoms with Crippen LogP contribution in [0.4, 0.5) is 0 Å². The van der Waals surface area contributed by atoms with Crippen molar-refractivity contribution in [2.24, 2.45) is 11.7 Å². The normalized spacial score (nSPS) is 29.2. The first-order chi connectivity index (χ1) is 8.65. The molecule has 1 heterocycles. The molecule has 4 atom stereocenters. The van der Waals surface area contributed by atoms with Gasteiger partial charge in [-0.2, -0.15) is 0 Å². The predicted octanol–water partition coefficient (Wildman–Crippen LogP) is 2.64. The van der Waals surface area contributed by atoms with Gasteiger partial charge in [0, 0.05) is 32.3 Å². The first-order valence-corrected chi connectivity index (χ1v) is 7.64. The maximum absolute atomic E-state index is 5.97. The summed E-state index contributed by atoms with van der Waals surface area (Å²) in [6.07, 6.45) is 6.49. The number of rotatable bonds is 7. The van der Waals surface area contributed by atoms with E-state index >= 15 is 0 Å². The summed E-state index contributed by atoms with van der Waals surface area (Å²) >= 11 is 0. The Morgan fingerprint density at radius 3 is 2.56 bits per heavy atom. The zero-order chi connectivity index (χ0) is 13.5. The average molecular weight is 256 g/mol. The van der Waals surface area contributed by atoms with Crippen molar-refractivity contribution >= 4 is 0 Å². The van der Waals surface area contributed by atoms with Crippen LogP contribution in [-0.2, 0) is 4.74 Å². The molecule has 1 aliphatic rings. The van der Waals surface area contributed by atoms with Gasteiger partial charge in [0.1, 0.15) is 0 Å². The molecule has 0 radical (unpaired) electrons. The molecule has 0 aromatic rings. The molecule has 1 saturated heterocycles. The maximum Gasteiger partial charge on any atom is 0.0599 e. The van der Waals surface area contributed by atoms with Gasteiger partial charge in [-0.1, -0.05) is 27.2 Å². The van der Waals surface area contributed by atoms with Gasteiger partial charge in [0.2, 0.25) is 0 Å². The fraction of sp³-hybridized carbons (Fsp3) is 1.00. The van der Waals surface area contributed by atoms with Crippen LogP contribution in [0.15, 0.2) is 0 Å². The quantitative estimate of drug-likeness (QED) is 0.761. The smallest absolute Gasteiger partial charge is 0.0599 e. The van der Waals surface area contributed by atoms with E-state index in [-0.39, 0.29) is 0 Å². The molecule has 0 saturated carbocycles. The van der Waals surface area contributed by atoms with Crippen LogP contribution in [0.1, 0.15) is 52.9 Å². The van der Waals surface area contributed by atoms with E-state index in [4.69, 9.17) is 10.5 Å². The molecule has 108 valence electrons. The van der Waals surface area contributed by atoms with E-state index in [1.54, 1.807) is 0 Å². The first-order valence-electron chi connectivity index (χ1n) is 7.64. The highest BCUT2D eigenvalue weighted by Crippen LogP contribution is 2.26. The molecule has 0 aromatic heterocycles. The summed E-state index contributed by atoms with van der Waals surface area (Å²) in [4.78, 5) is 2.65. The Balaban J connectivity index is 2.60. The van der Waals surface area contributed by atoms with E-state index < -0.39 is 0 Å². The number of nitrogens with zero attached hydrogens (tertiary/aromatic N) is 1. The summed E-state index contributed by atoms with van der Waals surface area (Å²) in [6.45, 7) is 8.87. The number of hydrogen-bond acceptors (Lipinski definition) is 3. The monoisotopic (exact) mass is 256 g/mol. The molecule has 2 N–H and O–H groups in total. The van der Waals surface area contributed by atoms with Gasteiger partial charge in [-0.05, 0) is 31.6 Å². The van der Waals surface area contributed by atoms with E-state index in [1.165, 1.54) is 19.3 Å². The lowest BCUT2D eigenvalue weighted by molar-refractivity contribution is -0.00898. The highest BCUT2D eigenvalue weighted by molar-refractivity contribution is 4.87. The molecular formula is C15H32N2O. The number of ether oxygens (including phenoxy) is 1. The van der Waals surface area contributed by atoms with Gasteiger partial charge in [-0.25, -0.2) is 0 Å². The van der Waals surface area contributed by atoms with Crippen molar-refractivity contribution in [1.82, 2.24) is 4.90 Å². The fourth-order valence-corrected chi connectivity index (χ4v) is 3.13. The third-order valence-corrected chi connectivity index (χ3v) is 4.63. The Kier molecular flexibility index (Phi) is 7.20. The third-order valence-electron chi connectivity index (χ3n) is 4.63. The fourth-order valence-electron chi connectivity index (χ4n) is 3.13. The van der Waals surface area contributed by atoms with Crippen LogP contribution in [0.25, 0.3) is 0 Å². The zero-order valence-corrected chi connectivity index (χ0v) is 12.7. The summed E-state index contributed by atoms with van der Waals surface area (Å²) in [6, 6.07) is 1.21. The van der Waals surface area contributed by atoms with Gasteiger partial charge in [0.15, 0.2) is 0 Å². The summed E-state index contributed by atoms with van der Waals surface area (Å²) in [7, 11) is 1.82. The predicted molar refractivity (Wildman–Crippen MR) is 77.7 cm³/mol. The highest BCUT2D eigenvalue weighted by atomic mass is 16.5. The molecule has 0 aliphatic carbocycles. The molecule has 1 aliphatic heterocycles. The van der Waals surface area contributed by atoms with Crippen LogP contribution in [-0.4, -0.2) is 43.3 Å². The molecule has 1 rings (SSSR count). The van der Waals surface area contributed by atoms with Gasteiger partial charge in [-0.15, -0.1) is 0 Å². The van der Waals surface area contributed by atoms with E-state index in [1.807, 2.05) is 7.11 Å². The highest BCUT2D eigenvalue weighted by Gasteiger charge is 2.31.